The van der Waals surface area contributed by atoms with Gasteiger partial charge in [-0.05, 0) is 73.4 Å². The van der Waals surface area contributed by atoms with Crippen molar-refractivity contribution in [2.24, 2.45) is 4.36 Å². The lowest BCUT2D eigenvalue weighted by molar-refractivity contribution is 0.0565. The maximum atomic E-state index is 16.2. The minimum Gasteiger partial charge on any atom is -0.277 e. The Bertz CT molecular complexity index is 1900. The first kappa shape index (κ1) is 27.6. The van der Waals surface area contributed by atoms with E-state index in [9.17, 15) is 17.8 Å². The molecule has 1 aliphatic heterocycles. The Morgan fingerprint density at radius 3 is 2.59 bits per heavy atom. The molecule has 13 heteroatoms. The van der Waals surface area contributed by atoms with Crippen molar-refractivity contribution in [3.8, 4) is 16.9 Å². The van der Waals surface area contributed by atoms with Gasteiger partial charge < -0.3 is 0 Å². The van der Waals surface area contributed by atoms with E-state index in [-0.39, 0.29) is 44.5 Å². The number of benzene rings is 1. The second-order valence-electron chi connectivity index (χ2n) is 10.3. The van der Waals surface area contributed by atoms with E-state index in [2.05, 4.69) is 14.4 Å². The molecule has 0 radical (unpaired) electrons. The molecular formula is C28H24ClF4N5O2S. The highest BCUT2D eigenvalue weighted by atomic mass is 35.5. The van der Waals surface area contributed by atoms with Gasteiger partial charge in [-0.2, -0.15) is 13.9 Å². The summed E-state index contributed by atoms with van der Waals surface area (Å²) >= 11 is 6.54. The van der Waals surface area contributed by atoms with E-state index >= 15 is 8.78 Å². The number of aryl methyl sites for hydroxylation is 2. The molecule has 214 valence electrons. The highest BCUT2D eigenvalue weighted by molar-refractivity contribution is 7.93. The van der Waals surface area contributed by atoms with Crippen LogP contribution >= 0.6 is 11.6 Å². The average Bonchev–Trinajstić information content (AvgIpc) is 3.33. The summed E-state index contributed by atoms with van der Waals surface area (Å²) in [6.45, 7) is 0.806. The molecule has 3 atom stereocenters. The van der Waals surface area contributed by atoms with Crippen LogP contribution in [-0.4, -0.2) is 35.8 Å². The van der Waals surface area contributed by atoms with Crippen molar-refractivity contribution in [3.63, 3.8) is 0 Å². The summed E-state index contributed by atoms with van der Waals surface area (Å²) in [5.74, 6) is -1.89. The number of alkyl halides is 2. The van der Waals surface area contributed by atoms with Gasteiger partial charge in [0, 0.05) is 35.9 Å². The zero-order valence-corrected chi connectivity index (χ0v) is 23.5. The number of hydrogen-bond acceptors (Lipinski definition) is 5. The van der Waals surface area contributed by atoms with Crippen molar-refractivity contribution in [3.05, 3.63) is 92.3 Å². The lowest BCUT2D eigenvalue weighted by Crippen LogP contribution is -2.24. The third kappa shape index (κ3) is 4.57. The topological polar surface area (TPSA) is 82.1 Å². The van der Waals surface area contributed by atoms with Crippen LogP contribution in [0.15, 0.2) is 56.9 Å². The molecule has 1 saturated carbocycles. The third-order valence-corrected chi connectivity index (χ3v) is 10.5. The third-order valence-electron chi connectivity index (χ3n) is 7.64. The zero-order valence-electron chi connectivity index (χ0n) is 22.0. The molecule has 0 bridgehead atoms. The first-order chi connectivity index (χ1) is 19.5. The molecule has 0 spiro atoms. The van der Waals surface area contributed by atoms with E-state index in [1.54, 1.807) is 19.9 Å². The van der Waals surface area contributed by atoms with Crippen molar-refractivity contribution in [1.82, 2.24) is 19.3 Å². The number of hydrogen-bond donors (Lipinski definition) is 0. The minimum atomic E-state index is -2.95. The first-order valence-electron chi connectivity index (χ1n) is 12.9. The Morgan fingerprint density at radius 2 is 1.90 bits per heavy atom. The largest absolute Gasteiger partial charge is 0.333 e. The Labute approximate surface area is 238 Å². The molecular weight excluding hydrogens is 582 g/mol. The van der Waals surface area contributed by atoms with Gasteiger partial charge in [-0.1, -0.05) is 17.7 Å². The van der Waals surface area contributed by atoms with E-state index in [0.29, 0.717) is 46.5 Å². The van der Waals surface area contributed by atoms with Crippen LogP contribution in [0, 0.1) is 25.5 Å². The van der Waals surface area contributed by atoms with Crippen LogP contribution in [0.4, 0.5) is 17.6 Å². The van der Waals surface area contributed by atoms with E-state index < -0.39 is 33.5 Å². The standard InChI is InChI=1S/C28H24ClF4N5O2S/c1-14-11-34-25(17-5-3-6-21(23(17)30)41(40)8-4-7-36-41)24(31)26(14)38-15(2)9-20(22(29)27(38)39)19-10-18(19)16-12-35-37(13-16)28(32)33/h3,5-6,9,11-13,18-19,28H,4,7-8,10H2,1-2H3/t18?,19-,41?/m1/s1. The van der Waals surface area contributed by atoms with Crippen LogP contribution in [0.3, 0.4) is 0 Å². The number of nitrogens with zero attached hydrogens (tertiary/aromatic N) is 5. The fourth-order valence-electron chi connectivity index (χ4n) is 5.52. The van der Waals surface area contributed by atoms with Gasteiger partial charge in [-0.25, -0.2) is 22.0 Å². The normalized spacial score (nSPS) is 21.9. The summed E-state index contributed by atoms with van der Waals surface area (Å²) in [6.07, 6.45) is 5.16. The Kier molecular flexibility index (Phi) is 6.80. The molecule has 1 fully saturated rings. The molecule has 7 nitrogen and oxygen atoms in total. The molecule has 41 heavy (non-hydrogen) atoms. The number of halogens is 5. The minimum absolute atomic E-state index is 0.0883. The van der Waals surface area contributed by atoms with Crippen LogP contribution in [0.25, 0.3) is 16.9 Å². The summed E-state index contributed by atoms with van der Waals surface area (Å²) in [5.41, 5.74) is 0.523. The first-order valence-corrected chi connectivity index (χ1v) is 15.0. The maximum Gasteiger partial charge on any atom is 0.333 e. The fraction of sp³-hybridized carbons (Fsp3) is 0.321. The smallest absolute Gasteiger partial charge is 0.277 e. The Hall–Kier alpha value is -3.51. The van der Waals surface area contributed by atoms with Crippen molar-refractivity contribution in [2.75, 3.05) is 12.3 Å². The lowest BCUT2D eigenvalue weighted by atomic mass is 10.0. The molecule has 0 saturated heterocycles. The molecule has 4 heterocycles. The average molecular weight is 606 g/mol. The Morgan fingerprint density at radius 1 is 1.12 bits per heavy atom. The van der Waals surface area contributed by atoms with Crippen LogP contribution in [0.2, 0.25) is 5.02 Å². The molecule has 0 amide bonds. The van der Waals surface area contributed by atoms with Crippen molar-refractivity contribution >= 4 is 21.3 Å². The van der Waals surface area contributed by atoms with Crippen molar-refractivity contribution in [2.45, 2.75) is 50.0 Å². The van der Waals surface area contributed by atoms with Crippen LogP contribution in [0.1, 0.15) is 53.6 Å². The zero-order chi connectivity index (χ0) is 29.2. The predicted octanol–water partition coefficient (Wildman–Crippen LogP) is 6.54. The van der Waals surface area contributed by atoms with Gasteiger partial charge in [0.2, 0.25) is 0 Å². The lowest BCUT2D eigenvalue weighted by Gasteiger charge is -2.18. The van der Waals surface area contributed by atoms with Gasteiger partial charge in [0.05, 0.1) is 26.5 Å². The number of rotatable bonds is 6. The molecule has 1 aliphatic carbocycles. The summed E-state index contributed by atoms with van der Waals surface area (Å²) in [5, 5.41) is 3.56. The quantitative estimate of drug-likeness (QED) is 0.234. The Balaban J connectivity index is 1.42. The molecule has 3 aromatic heterocycles. The van der Waals surface area contributed by atoms with Gasteiger partial charge in [0.25, 0.3) is 5.56 Å². The summed E-state index contributed by atoms with van der Waals surface area (Å²) < 4.78 is 76.8. The SMILES string of the molecule is Cc1cnc(-c2cccc(S3(=O)=NCCC3)c2F)c(F)c1-n1c(C)cc([C@@H]2CC2c2cnn(C(F)F)c2)c(Cl)c1=O. The van der Waals surface area contributed by atoms with E-state index in [1.807, 2.05) is 0 Å². The van der Waals surface area contributed by atoms with Crippen molar-refractivity contribution in [1.29, 1.82) is 0 Å². The summed E-state index contributed by atoms with van der Waals surface area (Å²) in [7, 11) is -2.95. The molecule has 6 rings (SSSR count). The van der Waals surface area contributed by atoms with Gasteiger partial charge in [0.1, 0.15) is 16.5 Å². The van der Waals surface area contributed by atoms with E-state index in [1.165, 1.54) is 36.8 Å². The number of aromatic nitrogens is 4. The molecule has 2 unspecified atom stereocenters. The van der Waals surface area contributed by atoms with E-state index in [4.69, 9.17) is 11.6 Å². The second kappa shape index (κ2) is 10.1. The van der Waals surface area contributed by atoms with Gasteiger partial charge in [-0.15, -0.1) is 0 Å². The van der Waals surface area contributed by atoms with Gasteiger partial charge >= 0.3 is 6.55 Å². The fourth-order valence-corrected chi connectivity index (χ4v) is 7.92. The van der Waals surface area contributed by atoms with E-state index in [0.717, 1.165) is 4.57 Å². The summed E-state index contributed by atoms with van der Waals surface area (Å²) in [4.78, 5) is 17.6. The predicted molar refractivity (Wildman–Crippen MR) is 146 cm³/mol. The molecule has 2 aliphatic rings. The second-order valence-corrected chi connectivity index (χ2v) is 13.1. The summed E-state index contributed by atoms with van der Waals surface area (Å²) in [6, 6.07) is 5.89. The van der Waals surface area contributed by atoms with Gasteiger partial charge in [0.15, 0.2) is 5.82 Å². The maximum absolute atomic E-state index is 16.2. The van der Waals surface area contributed by atoms with Gasteiger partial charge in [-0.3, -0.25) is 14.3 Å². The van der Waals surface area contributed by atoms with Crippen LogP contribution < -0.4 is 5.56 Å². The molecule has 0 N–H and O–H groups in total. The molecule has 4 aromatic rings. The monoisotopic (exact) mass is 605 g/mol. The highest BCUT2D eigenvalue weighted by Crippen LogP contribution is 2.56. The highest BCUT2D eigenvalue weighted by Gasteiger charge is 2.42. The van der Waals surface area contributed by atoms with Crippen LogP contribution in [0.5, 0.6) is 0 Å². The van der Waals surface area contributed by atoms with Crippen LogP contribution in [-0.2, 0) is 9.73 Å². The number of pyridine rings is 2. The van der Waals surface area contributed by atoms with Crippen molar-refractivity contribution < 1.29 is 21.8 Å². The molecule has 1 aromatic carbocycles.